The Morgan fingerprint density at radius 3 is 2.19 bits per heavy atom. The third-order valence-corrected chi connectivity index (χ3v) is 6.94. The molecule has 0 aliphatic heterocycles. The maximum absolute atomic E-state index is 11.9. The molecule has 1 heterocycles. The van der Waals surface area contributed by atoms with Gasteiger partial charge in [0, 0.05) is 13.0 Å². The maximum Gasteiger partial charge on any atom is 0.276 e. The number of carbonyl (C=O) groups excluding carboxylic acids is 2. The minimum absolute atomic E-state index is 0.0911. The van der Waals surface area contributed by atoms with Crippen molar-refractivity contribution in [3.8, 4) is 16.9 Å². The zero-order valence-electron chi connectivity index (χ0n) is 16.4. The van der Waals surface area contributed by atoms with Crippen molar-refractivity contribution < 1.29 is 22.7 Å². The summed E-state index contributed by atoms with van der Waals surface area (Å²) < 4.78 is 31.8. The molecule has 2 amide bonds. The Hall–Kier alpha value is -3.21. The summed E-state index contributed by atoms with van der Waals surface area (Å²) in [7, 11) is -3.62. The van der Waals surface area contributed by atoms with E-state index in [0.717, 1.165) is 22.5 Å². The van der Waals surface area contributed by atoms with Crippen LogP contribution in [0, 0.1) is 0 Å². The summed E-state index contributed by atoms with van der Waals surface area (Å²) >= 11 is 1.08. The second-order valence-electron chi connectivity index (χ2n) is 6.36. The number of rotatable bonds is 9. The Bertz CT molecular complexity index is 1100. The van der Waals surface area contributed by atoms with Gasteiger partial charge in [-0.25, -0.2) is 13.1 Å². The fraction of sp³-hybridized carbons (Fsp3) is 0.143. The van der Waals surface area contributed by atoms with Crippen molar-refractivity contribution in [3.05, 3.63) is 72.1 Å². The Morgan fingerprint density at radius 2 is 1.52 bits per heavy atom. The molecule has 0 aliphatic rings. The number of carbonyl (C=O) groups is 2. The molecule has 10 heteroatoms. The Kier molecular flexibility index (Phi) is 7.76. The van der Waals surface area contributed by atoms with E-state index in [4.69, 9.17) is 4.74 Å². The standard InChI is InChI=1S/C21H21N3O5S2/c25-19(12-13-22-31(27,28)21-7-4-14-30-21)23-24-20(26)15-29-18-10-8-17(9-11-18)16-5-2-1-3-6-16/h1-11,14,22H,12-13,15H2,(H,23,25)(H,24,26). The van der Waals surface area contributed by atoms with Gasteiger partial charge >= 0.3 is 0 Å². The highest BCUT2D eigenvalue weighted by atomic mass is 32.2. The van der Waals surface area contributed by atoms with Gasteiger partial charge in [0.1, 0.15) is 9.96 Å². The molecule has 1 aromatic heterocycles. The van der Waals surface area contributed by atoms with Gasteiger partial charge < -0.3 is 4.74 Å². The van der Waals surface area contributed by atoms with Crippen LogP contribution in [0.4, 0.5) is 0 Å². The van der Waals surface area contributed by atoms with E-state index in [1.807, 2.05) is 42.5 Å². The summed E-state index contributed by atoms with van der Waals surface area (Å²) in [4.78, 5) is 23.6. The van der Waals surface area contributed by atoms with Crippen LogP contribution in [-0.4, -0.2) is 33.4 Å². The molecule has 2 aromatic carbocycles. The van der Waals surface area contributed by atoms with E-state index in [-0.39, 0.29) is 23.8 Å². The topological polar surface area (TPSA) is 114 Å². The number of hydrogen-bond donors (Lipinski definition) is 3. The van der Waals surface area contributed by atoms with Gasteiger partial charge in [-0.3, -0.25) is 20.4 Å². The van der Waals surface area contributed by atoms with Crippen LogP contribution in [0.5, 0.6) is 5.75 Å². The number of amides is 2. The first-order valence-electron chi connectivity index (χ1n) is 9.33. The molecule has 0 fully saturated rings. The van der Waals surface area contributed by atoms with Crippen LogP contribution in [-0.2, 0) is 19.6 Å². The van der Waals surface area contributed by atoms with Crippen LogP contribution < -0.4 is 20.3 Å². The summed E-state index contributed by atoms with van der Waals surface area (Å²) in [5.74, 6) is -0.557. The van der Waals surface area contributed by atoms with Crippen molar-refractivity contribution in [2.75, 3.05) is 13.2 Å². The Balaban J connectivity index is 1.35. The van der Waals surface area contributed by atoms with Gasteiger partial charge in [-0.15, -0.1) is 11.3 Å². The zero-order valence-corrected chi connectivity index (χ0v) is 18.0. The number of thiophene rings is 1. The van der Waals surface area contributed by atoms with Gasteiger partial charge in [0.15, 0.2) is 6.61 Å². The number of nitrogens with one attached hydrogen (secondary N) is 3. The highest BCUT2D eigenvalue weighted by Gasteiger charge is 2.15. The van der Waals surface area contributed by atoms with E-state index in [1.165, 1.54) is 6.07 Å². The first-order chi connectivity index (χ1) is 14.9. The molecule has 162 valence electrons. The predicted octanol–water partition coefficient (Wildman–Crippen LogP) is 2.31. The van der Waals surface area contributed by atoms with Crippen LogP contribution in [0.25, 0.3) is 11.1 Å². The second kappa shape index (κ2) is 10.7. The molecule has 0 unspecified atom stereocenters. The lowest BCUT2D eigenvalue weighted by molar-refractivity contribution is -0.129. The van der Waals surface area contributed by atoms with E-state index >= 15 is 0 Å². The second-order valence-corrected chi connectivity index (χ2v) is 9.30. The van der Waals surface area contributed by atoms with Crippen molar-refractivity contribution in [3.63, 3.8) is 0 Å². The van der Waals surface area contributed by atoms with Crippen molar-refractivity contribution in [2.45, 2.75) is 10.6 Å². The largest absolute Gasteiger partial charge is 0.484 e. The normalized spacial score (nSPS) is 11.0. The molecular formula is C21H21N3O5S2. The summed E-state index contributed by atoms with van der Waals surface area (Å²) in [5, 5.41) is 1.65. The summed E-state index contributed by atoms with van der Waals surface area (Å²) in [5.41, 5.74) is 6.55. The molecular weight excluding hydrogens is 438 g/mol. The van der Waals surface area contributed by atoms with Gasteiger partial charge in [-0.05, 0) is 34.7 Å². The van der Waals surface area contributed by atoms with Crippen molar-refractivity contribution in [2.24, 2.45) is 0 Å². The van der Waals surface area contributed by atoms with E-state index < -0.39 is 21.8 Å². The number of ether oxygens (including phenoxy) is 1. The minimum Gasteiger partial charge on any atom is -0.484 e. The summed E-state index contributed by atoms with van der Waals surface area (Å²) in [6.07, 6.45) is -0.132. The number of hydrazine groups is 1. The first-order valence-corrected chi connectivity index (χ1v) is 11.7. The molecule has 31 heavy (non-hydrogen) atoms. The Labute approximate surface area is 184 Å². The van der Waals surface area contributed by atoms with Crippen LogP contribution in [0.15, 0.2) is 76.3 Å². The lowest BCUT2D eigenvalue weighted by Gasteiger charge is -2.10. The summed E-state index contributed by atoms with van der Waals surface area (Å²) in [6.45, 7) is -0.373. The minimum atomic E-state index is -3.62. The van der Waals surface area contributed by atoms with Crippen molar-refractivity contribution in [1.29, 1.82) is 0 Å². The number of hydrogen-bond acceptors (Lipinski definition) is 6. The average Bonchev–Trinajstić information content (AvgIpc) is 3.33. The van der Waals surface area contributed by atoms with Gasteiger partial charge in [0.05, 0.1) is 0 Å². The molecule has 8 nitrogen and oxygen atoms in total. The molecule has 0 radical (unpaired) electrons. The quantitative estimate of drug-likeness (QED) is 0.425. The zero-order chi connectivity index (χ0) is 22.1. The fourth-order valence-electron chi connectivity index (χ4n) is 2.55. The van der Waals surface area contributed by atoms with Gasteiger partial charge in [0.2, 0.25) is 15.9 Å². The van der Waals surface area contributed by atoms with Crippen LogP contribution in [0.3, 0.4) is 0 Å². The molecule has 0 atom stereocenters. The third kappa shape index (κ3) is 6.92. The van der Waals surface area contributed by atoms with E-state index in [0.29, 0.717) is 5.75 Å². The average molecular weight is 460 g/mol. The highest BCUT2D eigenvalue weighted by molar-refractivity contribution is 7.91. The number of benzene rings is 2. The number of sulfonamides is 1. The highest BCUT2D eigenvalue weighted by Crippen LogP contribution is 2.22. The first kappa shape index (κ1) is 22.5. The Morgan fingerprint density at radius 1 is 0.839 bits per heavy atom. The molecule has 0 aliphatic carbocycles. The van der Waals surface area contributed by atoms with Gasteiger partial charge in [-0.1, -0.05) is 48.5 Å². The molecule has 3 aromatic rings. The van der Waals surface area contributed by atoms with E-state index in [1.54, 1.807) is 23.6 Å². The van der Waals surface area contributed by atoms with Gasteiger partial charge in [-0.2, -0.15) is 0 Å². The van der Waals surface area contributed by atoms with Crippen molar-refractivity contribution in [1.82, 2.24) is 15.6 Å². The lowest BCUT2D eigenvalue weighted by Crippen LogP contribution is -2.44. The van der Waals surface area contributed by atoms with Crippen LogP contribution in [0.2, 0.25) is 0 Å². The molecule has 0 spiro atoms. The third-order valence-electron chi connectivity index (χ3n) is 4.08. The molecule has 0 saturated carbocycles. The maximum atomic E-state index is 11.9. The van der Waals surface area contributed by atoms with Crippen molar-refractivity contribution >= 4 is 33.2 Å². The molecule has 0 bridgehead atoms. The van der Waals surface area contributed by atoms with Crippen LogP contribution in [0.1, 0.15) is 6.42 Å². The van der Waals surface area contributed by atoms with E-state index in [9.17, 15) is 18.0 Å². The summed E-state index contributed by atoms with van der Waals surface area (Å²) in [6, 6.07) is 20.3. The van der Waals surface area contributed by atoms with Gasteiger partial charge in [0.25, 0.3) is 5.91 Å². The molecule has 3 N–H and O–H groups in total. The molecule has 0 saturated heterocycles. The molecule has 3 rings (SSSR count). The van der Waals surface area contributed by atoms with E-state index in [2.05, 4.69) is 15.6 Å². The predicted molar refractivity (Wildman–Crippen MR) is 118 cm³/mol. The monoisotopic (exact) mass is 459 g/mol. The lowest BCUT2D eigenvalue weighted by atomic mass is 10.1. The smallest absolute Gasteiger partial charge is 0.276 e. The fourth-order valence-corrected chi connectivity index (χ4v) is 4.62. The SMILES string of the molecule is O=C(CCNS(=O)(=O)c1cccs1)NNC(=O)COc1ccc(-c2ccccc2)cc1. The van der Waals surface area contributed by atoms with Crippen LogP contribution >= 0.6 is 11.3 Å².